The summed E-state index contributed by atoms with van der Waals surface area (Å²) in [5, 5.41) is 3.08. The second-order valence-electron chi connectivity index (χ2n) is 9.89. The van der Waals surface area contributed by atoms with Crippen LogP contribution in [-0.2, 0) is 11.2 Å². The molecule has 6 nitrogen and oxygen atoms in total. The number of benzene rings is 2. The number of urea groups is 1. The third kappa shape index (κ3) is 5.15. The number of hydrogen-bond acceptors (Lipinski definition) is 3. The van der Waals surface area contributed by atoms with E-state index < -0.39 is 23.5 Å². The van der Waals surface area contributed by atoms with Crippen LogP contribution in [0.25, 0.3) is 0 Å². The van der Waals surface area contributed by atoms with Crippen LogP contribution in [0.1, 0.15) is 49.3 Å². The first-order chi connectivity index (χ1) is 16.5. The van der Waals surface area contributed by atoms with E-state index in [0.29, 0.717) is 25.6 Å². The van der Waals surface area contributed by atoms with Crippen molar-refractivity contribution in [3.63, 3.8) is 0 Å². The molecule has 2 bridgehead atoms. The van der Waals surface area contributed by atoms with Crippen molar-refractivity contribution in [1.82, 2.24) is 9.80 Å². The number of piperazine rings is 1. The maximum absolute atomic E-state index is 13.9. The largest absolute Gasteiger partial charge is 0.336 e. The molecule has 0 aliphatic carbocycles. The first-order valence-corrected chi connectivity index (χ1v) is 11.9. The molecule has 3 amide bonds. The van der Waals surface area contributed by atoms with Crippen molar-refractivity contribution in [2.75, 3.05) is 18.4 Å². The zero-order valence-corrected chi connectivity index (χ0v) is 20.2. The molecule has 2 aliphatic rings. The maximum Gasteiger partial charge on any atom is 0.322 e. The van der Waals surface area contributed by atoms with E-state index in [9.17, 15) is 22.8 Å². The van der Waals surface area contributed by atoms with Gasteiger partial charge in [-0.2, -0.15) is 0 Å². The van der Waals surface area contributed by atoms with Crippen molar-refractivity contribution in [3.05, 3.63) is 64.5 Å². The van der Waals surface area contributed by atoms with Gasteiger partial charge < -0.3 is 20.9 Å². The fourth-order valence-corrected chi connectivity index (χ4v) is 5.16. The van der Waals surface area contributed by atoms with E-state index in [0.717, 1.165) is 22.9 Å². The molecular formula is C26H31F3N4O2. The Hall–Kier alpha value is -3.07. The number of nitrogens with two attached hydrogens (primary N) is 1. The lowest BCUT2D eigenvalue weighted by Gasteiger charge is -2.35. The summed E-state index contributed by atoms with van der Waals surface area (Å²) in [5.74, 6) is -3.23. The number of nitrogens with zero attached hydrogens (tertiary/aromatic N) is 2. The molecule has 2 heterocycles. The molecule has 2 aromatic rings. The number of fused-ring (bicyclic) bond motifs is 2. The summed E-state index contributed by atoms with van der Waals surface area (Å²) < 4.78 is 40.5. The molecule has 35 heavy (non-hydrogen) atoms. The van der Waals surface area contributed by atoms with Crippen LogP contribution in [0, 0.1) is 24.4 Å². The minimum absolute atomic E-state index is 0.0468. The van der Waals surface area contributed by atoms with Gasteiger partial charge in [0.25, 0.3) is 0 Å². The Morgan fingerprint density at radius 1 is 1.06 bits per heavy atom. The van der Waals surface area contributed by atoms with Gasteiger partial charge in [0.15, 0.2) is 11.6 Å². The number of carbonyl (C=O) groups is 2. The highest BCUT2D eigenvalue weighted by Crippen LogP contribution is 2.33. The average molecular weight is 489 g/mol. The molecule has 9 heteroatoms. The van der Waals surface area contributed by atoms with Gasteiger partial charge in [-0.1, -0.05) is 32.0 Å². The zero-order valence-electron chi connectivity index (χ0n) is 20.2. The Morgan fingerprint density at radius 3 is 2.37 bits per heavy atom. The molecule has 0 aromatic heterocycles. The van der Waals surface area contributed by atoms with E-state index in [1.54, 1.807) is 9.80 Å². The van der Waals surface area contributed by atoms with Gasteiger partial charge in [0.2, 0.25) is 5.91 Å². The van der Waals surface area contributed by atoms with Gasteiger partial charge in [-0.05, 0) is 48.4 Å². The summed E-state index contributed by atoms with van der Waals surface area (Å²) in [6.07, 6.45) is 0.561. The van der Waals surface area contributed by atoms with Crippen molar-refractivity contribution in [1.29, 1.82) is 0 Å². The van der Waals surface area contributed by atoms with Crippen LogP contribution in [0.15, 0.2) is 30.3 Å². The molecule has 0 radical (unpaired) electrons. The second-order valence-corrected chi connectivity index (χ2v) is 9.89. The molecular weight excluding hydrogens is 457 g/mol. The van der Waals surface area contributed by atoms with E-state index >= 15 is 0 Å². The Balaban J connectivity index is 1.34. The Kier molecular flexibility index (Phi) is 7.07. The molecule has 2 saturated heterocycles. The van der Waals surface area contributed by atoms with Gasteiger partial charge in [-0.3, -0.25) is 4.79 Å². The molecule has 2 aromatic carbocycles. The first kappa shape index (κ1) is 25.0. The molecule has 0 spiro atoms. The highest BCUT2D eigenvalue weighted by molar-refractivity contribution is 5.92. The van der Waals surface area contributed by atoms with Crippen LogP contribution in [0.3, 0.4) is 0 Å². The summed E-state index contributed by atoms with van der Waals surface area (Å²) in [5.41, 5.74) is 8.88. The fraction of sp³-hybridized carbons (Fsp3) is 0.462. The number of halogens is 3. The molecule has 188 valence electrons. The summed E-state index contributed by atoms with van der Waals surface area (Å²) in [6.45, 7) is 6.97. The standard InChI is InChI=1S/C26H31F3N4O2/c1-14(2)20-6-4-5-15(3)25(20)31-26(35)33-13-18-10-19(33)12-32(18)24(34)9-17(30)7-16-8-22(28)23(29)11-21(16)27/h4-6,8,11,14,17-19H,7,9-10,12-13,30H2,1-3H3,(H,31,35)/t17-,18+,19+/m1/s1. The van der Waals surface area contributed by atoms with Crippen LogP contribution >= 0.6 is 0 Å². The molecule has 3 atom stereocenters. The third-order valence-electron chi connectivity index (χ3n) is 6.99. The monoisotopic (exact) mass is 488 g/mol. The van der Waals surface area contributed by atoms with Crippen LogP contribution in [0.2, 0.25) is 0 Å². The average Bonchev–Trinajstić information content (AvgIpc) is 3.40. The lowest BCUT2D eigenvalue weighted by atomic mass is 9.98. The van der Waals surface area contributed by atoms with Gasteiger partial charge in [0.1, 0.15) is 5.82 Å². The topological polar surface area (TPSA) is 78.7 Å². The number of aryl methyl sites for hydroxylation is 1. The number of carbonyl (C=O) groups excluding carboxylic acids is 2. The molecule has 2 fully saturated rings. The van der Waals surface area contributed by atoms with Crippen LogP contribution < -0.4 is 11.1 Å². The molecule has 4 rings (SSSR count). The van der Waals surface area contributed by atoms with E-state index in [-0.39, 0.29) is 48.3 Å². The van der Waals surface area contributed by atoms with Crippen molar-refractivity contribution >= 4 is 17.6 Å². The van der Waals surface area contributed by atoms with Gasteiger partial charge in [-0.25, -0.2) is 18.0 Å². The predicted molar refractivity (Wildman–Crippen MR) is 128 cm³/mol. The summed E-state index contributed by atoms with van der Waals surface area (Å²) in [6, 6.07) is 6.12. The third-order valence-corrected chi connectivity index (χ3v) is 6.99. The highest BCUT2D eigenvalue weighted by atomic mass is 19.2. The highest BCUT2D eigenvalue weighted by Gasteiger charge is 2.47. The van der Waals surface area contributed by atoms with E-state index in [4.69, 9.17) is 5.73 Å². The Morgan fingerprint density at radius 2 is 1.71 bits per heavy atom. The molecule has 3 N–H and O–H groups in total. The van der Waals surface area contributed by atoms with Crippen LogP contribution in [0.5, 0.6) is 0 Å². The van der Waals surface area contributed by atoms with Gasteiger partial charge in [0, 0.05) is 37.3 Å². The van der Waals surface area contributed by atoms with Crippen molar-refractivity contribution in [3.8, 4) is 0 Å². The molecule has 0 saturated carbocycles. The predicted octanol–water partition coefficient (Wildman–Crippen LogP) is 4.31. The van der Waals surface area contributed by atoms with Crippen LogP contribution in [-0.4, -0.2) is 53.0 Å². The number of amides is 3. The normalized spacial score (nSPS) is 20.0. The van der Waals surface area contributed by atoms with Gasteiger partial charge >= 0.3 is 6.03 Å². The van der Waals surface area contributed by atoms with Gasteiger partial charge in [-0.15, -0.1) is 0 Å². The van der Waals surface area contributed by atoms with E-state index in [1.165, 1.54) is 0 Å². The number of hydrogen-bond donors (Lipinski definition) is 2. The SMILES string of the molecule is Cc1cccc(C(C)C)c1NC(=O)N1C[C@@H]2C[C@H]1CN2C(=O)C[C@H](N)Cc1cc(F)c(F)cc1F. The van der Waals surface area contributed by atoms with Crippen molar-refractivity contribution in [2.24, 2.45) is 5.73 Å². The lowest BCUT2D eigenvalue weighted by Crippen LogP contribution is -2.52. The second kappa shape index (κ2) is 9.89. The van der Waals surface area contributed by atoms with Gasteiger partial charge in [0.05, 0.1) is 12.1 Å². The Labute approximate surface area is 203 Å². The first-order valence-electron chi connectivity index (χ1n) is 11.9. The minimum atomic E-state index is -1.26. The maximum atomic E-state index is 13.9. The number of para-hydroxylation sites is 1. The minimum Gasteiger partial charge on any atom is -0.336 e. The van der Waals surface area contributed by atoms with E-state index in [2.05, 4.69) is 19.2 Å². The zero-order chi connectivity index (χ0) is 25.4. The number of nitrogens with one attached hydrogen (secondary N) is 1. The lowest BCUT2D eigenvalue weighted by molar-refractivity contribution is -0.133. The summed E-state index contributed by atoms with van der Waals surface area (Å²) in [4.78, 5) is 29.4. The van der Waals surface area contributed by atoms with Crippen molar-refractivity contribution < 1.29 is 22.8 Å². The fourth-order valence-electron chi connectivity index (χ4n) is 5.16. The van der Waals surface area contributed by atoms with Crippen molar-refractivity contribution in [2.45, 2.75) is 64.1 Å². The summed E-state index contributed by atoms with van der Waals surface area (Å²) in [7, 11) is 0. The number of anilines is 1. The number of likely N-dealkylation sites (tertiary alicyclic amines) is 2. The molecule has 0 unspecified atom stereocenters. The quantitative estimate of drug-likeness (QED) is 0.595. The van der Waals surface area contributed by atoms with E-state index in [1.807, 2.05) is 25.1 Å². The Bertz CT molecular complexity index is 1140. The number of rotatable bonds is 6. The smallest absolute Gasteiger partial charge is 0.322 e. The molecule has 2 aliphatic heterocycles. The summed E-state index contributed by atoms with van der Waals surface area (Å²) >= 11 is 0. The van der Waals surface area contributed by atoms with Crippen LogP contribution in [0.4, 0.5) is 23.7 Å².